The number of carbonyl (C=O) groups is 1. The van der Waals surface area contributed by atoms with Gasteiger partial charge in [0.25, 0.3) is 11.2 Å². The van der Waals surface area contributed by atoms with Crippen LogP contribution < -0.4 is 19.8 Å². The minimum absolute atomic E-state index is 0.0457. The van der Waals surface area contributed by atoms with Crippen LogP contribution in [0.4, 0.5) is 26.3 Å². The lowest BCUT2D eigenvalue weighted by Crippen LogP contribution is -2.61. The average Bonchev–Trinajstić information content (AvgIpc) is 1.60. The summed E-state index contributed by atoms with van der Waals surface area (Å²) in [5, 5.41) is 160. The van der Waals surface area contributed by atoms with Gasteiger partial charge in [0.2, 0.25) is 6.29 Å². The number of halogens is 6. The van der Waals surface area contributed by atoms with E-state index < -0.39 is 134 Å². The predicted octanol–water partition coefficient (Wildman–Crippen LogP) is 19.3. The number of Topliss-reactive ketones (excluding diaryl/α,β-unsaturated/α-hetero) is 1. The molecule has 9 saturated carbocycles. The maximum absolute atomic E-state index is 13.0. The fraction of sp³-hybridized carbons (Fsp3) is 0.681. The van der Waals surface area contributed by atoms with E-state index >= 15 is 0 Å². The maximum atomic E-state index is 13.0. The summed E-state index contributed by atoms with van der Waals surface area (Å²) in [6, 6.07) is 8.27. The maximum Gasteiger partial charge on any atom is 0.426 e. The van der Waals surface area contributed by atoms with Crippen molar-refractivity contribution in [2.24, 2.45) is 81.3 Å². The number of aliphatic hydroxyl groups excluding tert-OH is 12. The second-order valence-electron chi connectivity index (χ2n) is 46.1. The van der Waals surface area contributed by atoms with E-state index in [1.165, 1.54) is 137 Å². The van der Waals surface area contributed by atoms with Crippen LogP contribution in [0.5, 0.6) is 28.7 Å². The first-order valence-electron chi connectivity index (χ1n) is 53.9. The first-order chi connectivity index (χ1) is 70.3. The second kappa shape index (κ2) is 54.2. The number of carbonyl (C=O) groups excluding carboxylic acids is 1. The Labute approximate surface area is 891 Å². The van der Waals surface area contributed by atoms with Crippen molar-refractivity contribution in [3.8, 4) is 28.7 Å². The zero-order chi connectivity index (χ0) is 111. The molecule has 0 bridgehead atoms. The number of methoxy groups -OCH3 is 1. The summed E-state index contributed by atoms with van der Waals surface area (Å²) in [5.74, 6) is 5.13. The smallest absolute Gasteiger partial charge is 0.426 e. The Kier molecular flexibility index (Phi) is 45.1. The number of hydrogen-bond donors (Lipinski definition) is 19. The largest absolute Gasteiger partial charge is 0.507 e. The van der Waals surface area contributed by atoms with Gasteiger partial charge in [-0.15, -0.1) is 0 Å². The highest BCUT2D eigenvalue weighted by Gasteiger charge is 2.70. The molecule has 0 radical (unpaired) electrons. The molecule has 0 amide bonds. The topological polar surface area (TPSA) is 445 Å². The van der Waals surface area contributed by atoms with Crippen molar-refractivity contribution in [2.45, 2.75) is 391 Å². The summed E-state index contributed by atoms with van der Waals surface area (Å²) in [4.78, 5) is 28.2. The molecule has 0 spiro atoms. The van der Waals surface area contributed by atoms with Crippen LogP contribution in [-0.4, -0.2) is 239 Å². The third-order valence-corrected chi connectivity index (χ3v) is 34.7. The molecule has 18 N–H and O–H groups in total. The van der Waals surface area contributed by atoms with Crippen molar-refractivity contribution in [3.63, 3.8) is 0 Å². The van der Waals surface area contributed by atoms with Gasteiger partial charge in [0, 0.05) is 43.0 Å². The van der Waals surface area contributed by atoms with Gasteiger partial charge in [-0.3, -0.25) is 14.6 Å². The Balaban J connectivity index is 0.000000198. The molecule has 9 aliphatic carbocycles. The summed E-state index contributed by atoms with van der Waals surface area (Å²) >= 11 is 8.26. The highest BCUT2D eigenvalue weighted by Crippen LogP contribution is 2.64. The second-order valence-corrected chi connectivity index (χ2v) is 46.9. The number of fused-ring (bicyclic) bond motifs is 4. The molecule has 15 rings (SSSR count). The van der Waals surface area contributed by atoms with Crippen molar-refractivity contribution >= 4 is 30.6 Å². The molecule has 11 fully saturated rings. The van der Waals surface area contributed by atoms with Gasteiger partial charge in [0.05, 0.1) is 69.0 Å². The molecular weight excluding hydrogens is 1980 g/mol. The van der Waals surface area contributed by atoms with Crippen molar-refractivity contribution in [3.05, 3.63) is 187 Å². The number of phenols is 2. The normalized spacial score (nSPS) is 34.6. The molecule has 2 aromatic carbocycles. The molecule has 34 heteroatoms. The highest BCUT2D eigenvalue weighted by molar-refractivity contribution is 7.80. The first kappa shape index (κ1) is 125. The molecule has 1 aromatic heterocycles. The average molecular weight is 2150 g/mol. The van der Waals surface area contributed by atoms with Gasteiger partial charge in [0.15, 0.2) is 28.3 Å². The number of hydrogen-bond acceptors (Lipinski definition) is 26. The van der Waals surface area contributed by atoms with E-state index in [1.807, 2.05) is 13.0 Å². The van der Waals surface area contributed by atoms with Gasteiger partial charge in [-0.2, -0.15) is 39.0 Å². The lowest BCUT2D eigenvalue weighted by Gasteiger charge is -2.44. The number of H-pyrrole nitrogens is 2. The third-order valence-electron chi connectivity index (χ3n) is 34.3. The van der Waals surface area contributed by atoms with E-state index in [2.05, 4.69) is 152 Å². The van der Waals surface area contributed by atoms with Crippen LogP contribution in [-0.2, 0) is 14.2 Å². The van der Waals surface area contributed by atoms with Crippen LogP contribution in [0.15, 0.2) is 166 Å². The minimum atomic E-state index is -5.77. The van der Waals surface area contributed by atoms with Crippen molar-refractivity contribution in [1.29, 1.82) is 0 Å². The van der Waals surface area contributed by atoms with Gasteiger partial charge >= 0.3 is 12.4 Å². The van der Waals surface area contributed by atoms with Gasteiger partial charge in [-0.25, -0.2) is 0 Å². The molecule has 3 aliphatic heterocycles. The Hall–Kier alpha value is -7.14. The number of rotatable bonds is 25. The summed E-state index contributed by atoms with van der Waals surface area (Å²) in [6.45, 7) is 37.9. The number of aromatic amines is 2. The molecule has 4 heterocycles. The molecule has 12 aliphatic rings. The number of aromatic nitrogens is 2. The lowest BCUT2D eigenvalue weighted by atomic mass is 9.60. The zero-order valence-electron chi connectivity index (χ0n) is 89.5. The van der Waals surface area contributed by atoms with Gasteiger partial charge in [0.1, 0.15) is 71.6 Å². The molecule has 3 aromatic rings. The van der Waals surface area contributed by atoms with Crippen LogP contribution >= 0.6 is 24.8 Å². The zero-order valence-corrected chi connectivity index (χ0v) is 91.3. The van der Waals surface area contributed by atoms with E-state index in [1.54, 1.807) is 31.1 Å². The quantitative estimate of drug-likeness (QED) is 0.0162. The summed E-state index contributed by atoms with van der Waals surface area (Å²) in [5.41, 5.74) is 6.32. The lowest BCUT2D eigenvalue weighted by molar-refractivity contribution is -0.370. The SMILES string of the molecule is C=C1/C(=C\C=C2/CCCC3(C)C2CC[C@@H]3[C@H](C)/C=C/C(C)C)C[C@@H](O)C[C@@H]1C.C=C1/C(=C\C=C2/CCCC3(C)C2CC[C@@H]3[C@H](C)CCCC(O)(C(F)(F)F)C(F)(F)F)C[C@@H](O)C[C@@H]1O.C=C1CC[C@H](O)C/C1=C/C=C1\CCCC2(C)C1CC[C@@H]2[C@H](C)CCC(O)CC(C)(C)O.COc1ccc([C@@H]2CC(=O)c3c(O)cc(O[C@@H]4OC(CO[C@@H]5OC(C)[C@H](O)[C@H](O)C5O)[C@@H](O)[C@@H](O)C4O)cc3O2)cc1O.O=c1cc[nH]c(=S)[nH]1.OCCS. The van der Waals surface area contributed by atoms with Crippen LogP contribution in [0.1, 0.15) is 291 Å². The van der Waals surface area contributed by atoms with Crippen molar-refractivity contribution < 1.29 is 141 Å². The van der Waals surface area contributed by atoms with Crippen molar-refractivity contribution in [2.75, 3.05) is 26.1 Å². The van der Waals surface area contributed by atoms with Crippen LogP contribution in [0.25, 0.3) is 0 Å². The molecule has 2 saturated heterocycles. The van der Waals surface area contributed by atoms with E-state index in [4.69, 9.17) is 33.5 Å². The van der Waals surface area contributed by atoms with Crippen LogP contribution in [0, 0.1) is 86.1 Å². The number of benzene rings is 2. The van der Waals surface area contributed by atoms with Gasteiger partial charge in [-0.1, -0.05) is 165 Å². The fourth-order valence-electron chi connectivity index (χ4n) is 25.9. The number of aliphatic hydroxyl groups is 14. The number of alkyl halides is 6. The van der Waals surface area contributed by atoms with Crippen LogP contribution in [0.2, 0.25) is 0 Å². The predicted molar refractivity (Wildman–Crippen MR) is 568 cm³/mol. The molecule has 11 unspecified atom stereocenters. The number of ether oxygens (including phenoxy) is 6. The summed E-state index contributed by atoms with van der Waals surface area (Å²) in [6.07, 6.45) is 13.1. The number of ketones is 1. The molecule has 150 heavy (non-hydrogen) atoms. The van der Waals surface area contributed by atoms with Crippen molar-refractivity contribution in [1.82, 2.24) is 9.97 Å². The number of nitrogens with one attached hydrogen (secondary N) is 2. The number of allylic oxidation sites excluding steroid dienone is 13. The molecular formula is C116H170F6N2O24S2. The Morgan fingerprint density at radius 2 is 1.12 bits per heavy atom. The monoisotopic (exact) mass is 2150 g/mol. The first-order valence-corrected chi connectivity index (χ1v) is 54.9. The summed E-state index contributed by atoms with van der Waals surface area (Å²) in [7, 11) is 1.39. The summed E-state index contributed by atoms with van der Waals surface area (Å²) < 4.78 is 112. The Morgan fingerprint density at radius 3 is 1.64 bits per heavy atom. The molecule has 842 valence electrons. The van der Waals surface area contributed by atoms with Crippen LogP contribution in [0.3, 0.4) is 0 Å². The number of thiol groups is 1. The standard InChI is InChI=1S/C28H34O15.C28H46O3.C27H38F6O3.C27H42O.C4H4N2OS.C2H6OS/c1-10-21(32)23(34)25(36)27(40-10)39-9-19-22(33)24(35)26(37)28(43-19)41-12-6-14(30)20-15(31)8-17(42-18(20)7-12)11-3-4-16(38-2)13(29)5-11;1-19-8-12-23(29)17-22(19)11-10-21-7-6-16-28(5)25(14-15-26(21)28)20(2)9-13-24(30)18-27(3,4)31;1-16(6-4-13-25(36,26(28,29)30)27(31,32)33)21-10-11-22-18(7-5-12-24(21,22)3)8-9-19-14-20(34)15-23(35)17(19)2;1-18(2)9-10-19(3)25-13-14-26-22(8-7-15-27(25,26)6)11-12-23-17-24(28)16-20(4)21(23)5;7-3-1-2-5-4(8)6-3;3-1-2-4/h3-7,10,17,19,21-30,32-37H,8-9H2,1-2H3;10-11,20,23-26,29-31H,1,6-9,12-18H2,2-5H3;8-9,16,20-23,34-36H,2,4-7,10-15H2,1,3H3;9-12,18-20,24-26,28H,5,7-8,13-17H2,1-4,6H3;1-2H,(H2,5,6,7,8);3-4H,1-2H2/b;21-10+,22-11-;18-8+,19-9-;10-9+,22-11+,23-12-;;/t10?,17-,19?,21-,22+,23-,24+,25?,26?,27+,28+;20-,23+,24?,25-,26?,28?;16-,20-,21-,22?,23+,24?;19-,20+,24+,25-,26?,27?;;/m0111../s1. The number of phenolic OH excluding ortho intramolecular Hbond substituents is 2. The Bertz CT molecular complexity index is 5290. The molecule has 26 nitrogen and oxygen atoms in total. The van der Waals surface area contributed by atoms with Gasteiger partial charge in [-0.05, 0) is 320 Å². The number of aromatic hydroxyl groups is 2. The van der Waals surface area contributed by atoms with E-state index in [0.717, 1.165) is 101 Å². The third kappa shape index (κ3) is 31.5. The van der Waals surface area contributed by atoms with E-state index in [-0.39, 0.29) is 102 Å². The Morgan fingerprint density at radius 1 is 0.600 bits per heavy atom. The minimum Gasteiger partial charge on any atom is -0.507 e. The molecule has 29 atom stereocenters. The van der Waals surface area contributed by atoms with Gasteiger partial charge < -0.3 is 115 Å². The fourth-order valence-corrected chi connectivity index (χ4v) is 26.1. The highest BCUT2D eigenvalue weighted by atomic mass is 32.1. The van der Waals surface area contributed by atoms with E-state index in [9.17, 15) is 113 Å². The van der Waals surface area contributed by atoms with E-state index in [0.29, 0.717) is 80.8 Å².